The van der Waals surface area contributed by atoms with E-state index in [0.29, 0.717) is 5.92 Å². The fraction of sp³-hybridized carbons (Fsp3) is 0.571. The van der Waals surface area contributed by atoms with Gasteiger partial charge in [0.2, 0.25) is 0 Å². The Bertz CT molecular complexity index is 713. The van der Waals surface area contributed by atoms with E-state index in [1.165, 1.54) is 48.8 Å². The van der Waals surface area contributed by atoms with Crippen LogP contribution in [0.1, 0.15) is 101 Å². The van der Waals surface area contributed by atoms with Crippen molar-refractivity contribution >= 4 is 0 Å². The Hall–Kier alpha value is -1.80. The van der Waals surface area contributed by atoms with Gasteiger partial charge < -0.3 is 9.47 Å². The number of hydrogen-bond donors (Lipinski definition) is 0. The van der Waals surface area contributed by atoms with Crippen LogP contribution in [0.25, 0.3) is 0 Å². The third kappa shape index (κ3) is 6.87. The molecule has 164 valence electrons. The molecule has 0 heterocycles. The van der Waals surface area contributed by atoms with Crippen molar-refractivity contribution in [3.05, 3.63) is 65.2 Å². The van der Waals surface area contributed by atoms with Crippen molar-refractivity contribution in [3.63, 3.8) is 0 Å². The first-order valence-corrected chi connectivity index (χ1v) is 12.2. The van der Waals surface area contributed by atoms with Gasteiger partial charge in [0.05, 0.1) is 6.61 Å². The highest BCUT2D eigenvalue weighted by Gasteiger charge is 2.15. The van der Waals surface area contributed by atoms with Crippen LogP contribution >= 0.6 is 0 Å². The molecule has 2 unspecified atom stereocenters. The minimum absolute atomic E-state index is 0.173. The van der Waals surface area contributed by atoms with E-state index in [0.717, 1.165) is 44.0 Å². The molecule has 1 saturated carbocycles. The molecule has 2 aromatic carbocycles. The zero-order valence-corrected chi connectivity index (χ0v) is 19.2. The van der Waals surface area contributed by atoms with Crippen LogP contribution < -0.4 is 4.74 Å². The van der Waals surface area contributed by atoms with Gasteiger partial charge in [0.25, 0.3) is 0 Å². The summed E-state index contributed by atoms with van der Waals surface area (Å²) in [7, 11) is 0. The maximum Gasteiger partial charge on any atom is 0.199 e. The van der Waals surface area contributed by atoms with E-state index in [-0.39, 0.29) is 6.29 Å². The van der Waals surface area contributed by atoms with Gasteiger partial charge in [0, 0.05) is 6.42 Å². The van der Waals surface area contributed by atoms with E-state index >= 15 is 0 Å². The molecule has 0 N–H and O–H groups in total. The smallest absolute Gasteiger partial charge is 0.199 e. The fourth-order valence-electron chi connectivity index (χ4n) is 4.38. The van der Waals surface area contributed by atoms with E-state index in [1.807, 2.05) is 0 Å². The highest BCUT2D eigenvalue weighted by Crippen LogP contribution is 2.32. The van der Waals surface area contributed by atoms with Crippen molar-refractivity contribution in [2.45, 2.75) is 96.7 Å². The summed E-state index contributed by atoms with van der Waals surface area (Å²) < 4.78 is 12.1. The third-order valence-electron chi connectivity index (χ3n) is 6.63. The topological polar surface area (TPSA) is 18.5 Å². The van der Waals surface area contributed by atoms with Crippen molar-refractivity contribution in [1.82, 2.24) is 0 Å². The van der Waals surface area contributed by atoms with Crippen molar-refractivity contribution in [2.75, 3.05) is 6.61 Å². The van der Waals surface area contributed by atoms with Crippen LogP contribution in [0.3, 0.4) is 0 Å². The molecule has 2 heteroatoms. The molecule has 1 fully saturated rings. The quantitative estimate of drug-likeness (QED) is 0.277. The summed E-state index contributed by atoms with van der Waals surface area (Å²) in [6, 6.07) is 17.8. The Labute approximate surface area is 184 Å². The van der Waals surface area contributed by atoms with Gasteiger partial charge in [-0.3, -0.25) is 0 Å². The Morgan fingerprint density at radius 1 is 0.867 bits per heavy atom. The van der Waals surface area contributed by atoms with Crippen LogP contribution in [0.15, 0.2) is 48.5 Å². The van der Waals surface area contributed by atoms with Gasteiger partial charge in [-0.05, 0) is 72.8 Å². The summed E-state index contributed by atoms with van der Waals surface area (Å²) >= 11 is 0. The molecule has 1 aliphatic rings. The average molecular weight is 409 g/mol. The lowest BCUT2D eigenvalue weighted by molar-refractivity contribution is -0.0821. The first kappa shape index (κ1) is 22.9. The highest BCUT2D eigenvalue weighted by atomic mass is 16.7. The number of aryl methyl sites for hydroxylation is 1. The molecule has 0 spiro atoms. The van der Waals surface area contributed by atoms with Gasteiger partial charge in [-0.1, -0.05) is 76.4 Å². The second-order valence-corrected chi connectivity index (χ2v) is 8.88. The van der Waals surface area contributed by atoms with Crippen LogP contribution in [0.4, 0.5) is 0 Å². The molecule has 2 atom stereocenters. The van der Waals surface area contributed by atoms with Crippen molar-refractivity contribution in [2.24, 2.45) is 0 Å². The monoisotopic (exact) mass is 408 g/mol. The van der Waals surface area contributed by atoms with Gasteiger partial charge >= 0.3 is 0 Å². The summed E-state index contributed by atoms with van der Waals surface area (Å²) in [5.74, 6) is 2.28. The summed E-state index contributed by atoms with van der Waals surface area (Å²) in [4.78, 5) is 0. The molecule has 0 radical (unpaired) electrons. The lowest BCUT2D eigenvalue weighted by atomic mass is 9.84. The van der Waals surface area contributed by atoms with Gasteiger partial charge in [-0.25, -0.2) is 0 Å². The van der Waals surface area contributed by atoms with Crippen LogP contribution in [0.5, 0.6) is 5.75 Å². The minimum atomic E-state index is -0.173. The normalized spacial score (nSPS) is 16.9. The zero-order valence-electron chi connectivity index (χ0n) is 19.2. The Kier molecular flexibility index (Phi) is 9.27. The predicted octanol–water partition coefficient (Wildman–Crippen LogP) is 8.01. The number of ether oxygens (including phenoxy) is 2. The summed E-state index contributed by atoms with van der Waals surface area (Å²) in [5.41, 5.74) is 4.31. The second kappa shape index (κ2) is 12.2. The highest BCUT2D eigenvalue weighted by molar-refractivity contribution is 5.29. The van der Waals surface area contributed by atoms with E-state index in [1.54, 1.807) is 0 Å². The minimum Gasteiger partial charge on any atom is -0.465 e. The van der Waals surface area contributed by atoms with Crippen molar-refractivity contribution in [3.8, 4) is 5.75 Å². The lowest BCUT2D eigenvalue weighted by Gasteiger charge is -2.22. The van der Waals surface area contributed by atoms with Gasteiger partial charge in [0.1, 0.15) is 5.75 Å². The third-order valence-corrected chi connectivity index (χ3v) is 6.63. The fourth-order valence-corrected chi connectivity index (χ4v) is 4.38. The number of hydrogen-bond acceptors (Lipinski definition) is 2. The molecule has 2 nitrogen and oxygen atoms in total. The van der Waals surface area contributed by atoms with Gasteiger partial charge in [-0.15, -0.1) is 0 Å². The molecular formula is C28H40O2. The van der Waals surface area contributed by atoms with E-state index in [4.69, 9.17) is 9.47 Å². The summed E-state index contributed by atoms with van der Waals surface area (Å²) in [6.07, 6.45) is 10.9. The molecule has 1 aliphatic carbocycles. The second-order valence-electron chi connectivity index (χ2n) is 8.88. The summed E-state index contributed by atoms with van der Waals surface area (Å²) in [5, 5.41) is 0. The number of rotatable bonds is 11. The molecular weight excluding hydrogens is 368 g/mol. The Morgan fingerprint density at radius 2 is 1.57 bits per heavy atom. The first-order valence-electron chi connectivity index (χ1n) is 12.2. The van der Waals surface area contributed by atoms with E-state index in [9.17, 15) is 0 Å². The molecule has 2 aromatic rings. The molecule has 0 bridgehead atoms. The Balaban J connectivity index is 1.39. The largest absolute Gasteiger partial charge is 0.465 e. The molecule has 3 rings (SSSR count). The van der Waals surface area contributed by atoms with Gasteiger partial charge in [0.15, 0.2) is 6.29 Å². The first-order chi connectivity index (χ1) is 14.7. The van der Waals surface area contributed by atoms with Crippen molar-refractivity contribution < 1.29 is 9.47 Å². The average Bonchev–Trinajstić information content (AvgIpc) is 2.82. The number of benzene rings is 2. The van der Waals surface area contributed by atoms with Crippen LogP contribution in [0.2, 0.25) is 0 Å². The zero-order chi connectivity index (χ0) is 21.2. The molecule has 0 aromatic heterocycles. The van der Waals surface area contributed by atoms with E-state index < -0.39 is 0 Å². The Morgan fingerprint density at radius 3 is 2.20 bits per heavy atom. The van der Waals surface area contributed by atoms with Crippen LogP contribution in [0, 0.1) is 0 Å². The molecule has 0 aliphatic heterocycles. The van der Waals surface area contributed by atoms with Gasteiger partial charge in [-0.2, -0.15) is 0 Å². The molecule has 0 saturated heterocycles. The molecule has 0 amide bonds. The maximum atomic E-state index is 6.04. The SMILES string of the molecule is CCC(OCCCc1ccc(C2CCCCC2)cc1)Oc1ccc(C(C)CC)cc1. The standard InChI is InChI=1S/C28H40O2/c1-4-22(3)24-17-19-27(20-18-24)30-28(5-2)29-21-9-10-23-13-15-26(16-14-23)25-11-7-6-8-12-25/h13-20,22,25,28H,4-12,21H2,1-3H3. The van der Waals surface area contributed by atoms with Crippen molar-refractivity contribution in [1.29, 1.82) is 0 Å². The van der Waals surface area contributed by atoms with Crippen LogP contribution in [-0.4, -0.2) is 12.9 Å². The predicted molar refractivity (Wildman–Crippen MR) is 126 cm³/mol. The molecule has 30 heavy (non-hydrogen) atoms. The van der Waals surface area contributed by atoms with E-state index in [2.05, 4.69) is 69.3 Å². The lowest BCUT2D eigenvalue weighted by Crippen LogP contribution is -2.20. The maximum absolute atomic E-state index is 6.04. The summed E-state index contributed by atoms with van der Waals surface area (Å²) in [6.45, 7) is 7.33. The van der Waals surface area contributed by atoms with Crippen LogP contribution in [-0.2, 0) is 11.2 Å².